The Balaban J connectivity index is 1.97. The number of halogens is 2. The van der Waals surface area contributed by atoms with E-state index in [9.17, 15) is 9.65 Å². The highest BCUT2D eigenvalue weighted by Crippen LogP contribution is 2.33. The lowest BCUT2D eigenvalue weighted by Crippen LogP contribution is -1.86. The fraction of sp³-hybridized carbons (Fsp3) is 0. The van der Waals surface area contributed by atoms with Crippen LogP contribution in [0.5, 0.6) is 0 Å². The van der Waals surface area contributed by atoms with E-state index < -0.39 is 0 Å². The van der Waals surface area contributed by atoms with E-state index in [0.29, 0.717) is 16.2 Å². The van der Waals surface area contributed by atoms with Crippen LogP contribution in [0, 0.1) is 17.1 Å². The van der Waals surface area contributed by atoms with Gasteiger partial charge in [-0.3, -0.25) is 0 Å². The van der Waals surface area contributed by atoms with Gasteiger partial charge in [0.1, 0.15) is 5.82 Å². The highest BCUT2D eigenvalue weighted by molar-refractivity contribution is 7.99. The van der Waals surface area contributed by atoms with Crippen LogP contribution in [0.2, 0.25) is 5.02 Å². The van der Waals surface area contributed by atoms with Crippen LogP contribution in [0.3, 0.4) is 0 Å². The van der Waals surface area contributed by atoms with Gasteiger partial charge in [-0.2, -0.15) is 5.26 Å². The van der Waals surface area contributed by atoms with Crippen molar-refractivity contribution in [3.8, 4) is 6.07 Å². The SMILES string of the molecule is N#C/C(=C\c1ccccc1Sc1ccc(Cl)cc1)c1cccc(F)c1. The molecule has 0 aromatic heterocycles. The first-order chi connectivity index (χ1) is 12.2. The molecular formula is C21H13ClFNS. The summed E-state index contributed by atoms with van der Waals surface area (Å²) in [5, 5.41) is 10.2. The molecule has 0 amide bonds. The van der Waals surface area contributed by atoms with Crippen molar-refractivity contribution in [2.75, 3.05) is 0 Å². The van der Waals surface area contributed by atoms with Crippen LogP contribution in [-0.2, 0) is 0 Å². The number of nitriles is 1. The quantitative estimate of drug-likeness (QED) is 0.379. The molecule has 0 N–H and O–H groups in total. The van der Waals surface area contributed by atoms with Gasteiger partial charge in [-0.15, -0.1) is 0 Å². The zero-order chi connectivity index (χ0) is 17.6. The monoisotopic (exact) mass is 365 g/mol. The summed E-state index contributed by atoms with van der Waals surface area (Å²) < 4.78 is 13.5. The summed E-state index contributed by atoms with van der Waals surface area (Å²) in [6.07, 6.45) is 1.78. The smallest absolute Gasteiger partial charge is 0.123 e. The van der Waals surface area contributed by atoms with Crippen LogP contribution in [0.25, 0.3) is 11.6 Å². The van der Waals surface area contributed by atoms with Gasteiger partial charge in [0.2, 0.25) is 0 Å². The third kappa shape index (κ3) is 4.51. The van der Waals surface area contributed by atoms with Gasteiger partial charge in [-0.25, -0.2) is 4.39 Å². The molecule has 0 aliphatic rings. The van der Waals surface area contributed by atoms with Crippen molar-refractivity contribution in [2.24, 2.45) is 0 Å². The Morgan fingerprint density at radius 1 is 1.00 bits per heavy atom. The predicted octanol–water partition coefficient (Wildman–Crippen LogP) is 6.69. The zero-order valence-electron chi connectivity index (χ0n) is 13.1. The highest BCUT2D eigenvalue weighted by Gasteiger charge is 2.06. The normalized spacial score (nSPS) is 11.2. The minimum Gasteiger partial charge on any atom is -0.207 e. The fourth-order valence-electron chi connectivity index (χ4n) is 2.31. The van der Waals surface area contributed by atoms with Crippen LogP contribution in [0.15, 0.2) is 82.6 Å². The first kappa shape index (κ1) is 17.3. The molecule has 0 spiro atoms. The Kier molecular flexibility index (Phi) is 5.55. The second kappa shape index (κ2) is 8.02. The molecule has 4 heteroatoms. The molecule has 0 bridgehead atoms. The molecule has 1 nitrogen and oxygen atoms in total. The Bertz CT molecular complexity index is 958. The maximum atomic E-state index is 13.5. The molecule has 3 rings (SSSR count). The molecule has 122 valence electrons. The average molecular weight is 366 g/mol. The van der Waals surface area contributed by atoms with Crippen molar-refractivity contribution in [1.82, 2.24) is 0 Å². The Morgan fingerprint density at radius 3 is 2.48 bits per heavy atom. The Labute approximate surface area is 155 Å². The second-order valence-corrected chi connectivity index (χ2v) is 6.83. The molecule has 25 heavy (non-hydrogen) atoms. The minimum absolute atomic E-state index is 0.359. The third-order valence-corrected chi connectivity index (χ3v) is 4.87. The number of benzene rings is 3. The first-order valence-corrected chi connectivity index (χ1v) is 8.75. The van der Waals surface area contributed by atoms with Crippen molar-refractivity contribution < 1.29 is 4.39 Å². The lowest BCUT2D eigenvalue weighted by Gasteiger charge is -2.07. The number of hydrogen-bond donors (Lipinski definition) is 0. The standard InChI is InChI=1S/C21H13ClFNS/c22-18-8-10-20(11-9-18)25-21-7-2-1-4-16(21)12-17(14-24)15-5-3-6-19(23)13-15/h1-13H/b17-12+. The van der Waals surface area contributed by atoms with E-state index in [2.05, 4.69) is 6.07 Å². The average Bonchev–Trinajstić information content (AvgIpc) is 2.63. The van der Waals surface area contributed by atoms with Crippen LogP contribution in [-0.4, -0.2) is 0 Å². The minimum atomic E-state index is -0.359. The van der Waals surface area contributed by atoms with E-state index in [1.807, 2.05) is 48.5 Å². The number of hydrogen-bond acceptors (Lipinski definition) is 2. The maximum absolute atomic E-state index is 13.5. The molecule has 0 aliphatic heterocycles. The first-order valence-electron chi connectivity index (χ1n) is 7.56. The Morgan fingerprint density at radius 2 is 1.76 bits per heavy atom. The highest BCUT2D eigenvalue weighted by atomic mass is 35.5. The number of nitrogens with zero attached hydrogens (tertiary/aromatic N) is 1. The lowest BCUT2D eigenvalue weighted by atomic mass is 10.0. The topological polar surface area (TPSA) is 23.8 Å². The van der Waals surface area contributed by atoms with Gasteiger partial charge in [0, 0.05) is 14.8 Å². The van der Waals surface area contributed by atoms with Crippen LogP contribution < -0.4 is 0 Å². The van der Waals surface area contributed by atoms with Crippen molar-refractivity contribution in [3.63, 3.8) is 0 Å². The summed E-state index contributed by atoms with van der Waals surface area (Å²) >= 11 is 7.52. The van der Waals surface area contributed by atoms with Crippen molar-refractivity contribution in [2.45, 2.75) is 9.79 Å². The fourth-order valence-corrected chi connectivity index (χ4v) is 3.36. The van der Waals surface area contributed by atoms with E-state index in [1.54, 1.807) is 30.0 Å². The molecule has 0 heterocycles. The van der Waals surface area contributed by atoms with Gasteiger partial charge < -0.3 is 0 Å². The molecule has 0 aliphatic carbocycles. The van der Waals surface area contributed by atoms with Gasteiger partial charge >= 0.3 is 0 Å². The molecule has 3 aromatic rings. The summed E-state index contributed by atoms with van der Waals surface area (Å²) in [4.78, 5) is 2.06. The number of allylic oxidation sites excluding steroid dienone is 1. The van der Waals surface area contributed by atoms with Crippen LogP contribution in [0.1, 0.15) is 11.1 Å². The largest absolute Gasteiger partial charge is 0.207 e. The van der Waals surface area contributed by atoms with Gasteiger partial charge in [0.15, 0.2) is 0 Å². The summed E-state index contributed by atoms with van der Waals surface area (Å²) in [6.45, 7) is 0. The van der Waals surface area contributed by atoms with Gasteiger partial charge in [-0.1, -0.05) is 53.7 Å². The molecule has 0 radical (unpaired) electrons. The third-order valence-electron chi connectivity index (χ3n) is 3.52. The molecule has 3 aromatic carbocycles. The van der Waals surface area contributed by atoms with E-state index in [1.165, 1.54) is 12.1 Å². The van der Waals surface area contributed by atoms with Gasteiger partial charge in [0.05, 0.1) is 11.6 Å². The number of rotatable bonds is 4. The summed E-state index contributed by atoms with van der Waals surface area (Å²) in [5.41, 5.74) is 1.89. The molecule has 0 unspecified atom stereocenters. The molecule has 0 fully saturated rings. The Hall–Kier alpha value is -2.54. The molecular weight excluding hydrogens is 353 g/mol. The van der Waals surface area contributed by atoms with Gasteiger partial charge in [-0.05, 0) is 59.7 Å². The van der Waals surface area contributed by atoms with Crippen molar-refractivity contribution >= 4 is 35.0 Å². The maximum Gasteiger partial charge on any atom is 0.123 e. The van der Waals surface area contributed by atoms with Gasteiger partial charge in [0.25, 0.3) is 0 Å². The van der Waals surface area contributed by atoms with E-state index in [-0.39, 0.29) is 5.82 Å². The van der Waals surface area contributed by atoms with E-state index in [0.717, 1.165) is 15.4 Å². The zero-order valence-corrected chi connectivity index (χ0v) is 14.7. The van der Waals surface area contributed by atoms with E-state index in [4.69, 9.17) is 11.6 Å². The summed E-state index contributed by atoms with van der Waals surface area (Å²) in [6, 6.07) is 23.6. The van der Waals surface area contributed by atoms with Crippen LogP contribution in [0.4, 0.5) is 4.39 Å². The van der Waals surface area contributed by atoms with Crippen LogP contribution >= 0.6 is 23.4 Å². The summed E-state index contributed by atoms with van der Waals surface area (Å²) in [5.74, 6) is -0.359. The summed E-state index contributed by atoms with van der Waals surface area (Å²) in [7, 11) is 0. The van der Waals surface area contributed by atoms with Crippen molar-refractivity contribution in [1.29, 1.82) is 5.26 Å². The van der Waals surface area contributed by atoms with Crippen molar-refractivity contribution in [3.05, 3.63) is 94.8 Å². The lowest BCUT2D eigenvalue weighted by molar-refractivity contribution is 0.627. The molecule has 0 saturated heterocycles. The van der Waals surface area contributed by atoms with E-state index >= 15 is 0 Å². The predicted molar refractivity (Wildman–Crippen MR) is 102 cm³/mol. The second-order valence-electron chi connectivity index (χ2n) is 5.27. The molecule has 0 atom stereocenters. The molecule has 0 saturated carbocycles.